The van der Waals surface area contributed by atoms with Gasteiger partial charge in [0.15, 0.2) is 5.78 Å². The largest absolute Gasteiger partial charge is 0.324 e. The van der Waals surface area contributed by atoms with Crippen molar-refractivity contribution in [2.75, 3.05) is 25.5 Å². The van der Waals surface area contributed by atoms with E-state index < -0.39 is 11.6 Å². The van der Waals surface area contributed by atoms with Crippen LogP contribution in [0.1, 0.15) is 22.3 Å². The Hall–Kier alpha value is -3.68. The maximum Gasteiger partial charge on any atom is 0.324 e. The highest BCUT2D eigenvalue weighted by Gasteiger charge is 2.54. The number of ketones is 1. The van der Waals surface area contributed by atoms with Crippen LogP contribution in [0.15, 0.2) is 54.6 Å². The molecule has 148 valence electrons. The molecule has 2 aliphatic rings. The lowest BCUT2D eigenvalue weighted by molar-refractivity contribution is -0.129. The van der Waals surface area contributed by atoms with E-state index in [4.69, 9.17) is 0 Å². The van der Waals surface area contributed by atoms with Crippen LogP contribution in [0.5, 0.6) is 0 Å². The summed E-state index contributed by atoms with van der Waals surface area (Å²) >= 11 is 0. The SMILES string of the molecule is CN1C(=O)NC2(CCN(C(=O)Nc3cccc(C(=O)c4ccccc4)c3)C2)C1=O. The number of anilines is 1. The van der Waals surface area contributed by atoms with Gasteiger partial charge in [0, 0.05) is 30.4 Å². The van der Waals surface area contributed by atoms with E-state index in [1.807, 2.05) is 6.07 Å². The lowest BCUT2D eigenvalue weighted by Gasteiger charge is -2.22. The summed E-state index contributed by atoms with van der Waals surface area (Å²) in [6.07, 6.45) is 0.363. The van der Waals surface area contributed by atoms with E-state index in [9.17, 15) is 19.2 Å². The Morgan fingerprint density at radius 1 is 1.03 bits per heavy atom. The van der Waals surface area contributed by atoms with Gasteiger partial charge in [0.1, 0.15) is 5.54 Å². The summed E-state index contributed by atoms with van der Waals surface area (Å²) in [4.78, 5) is 51.9. The molecule has 2 N–H and O–H groups in total. The summed E-state index contributed by atoms with van der Waals surface area (Å²) in [6.45, 7) is 0.449. The Kier molecular flexibility index (Phi) is 4.54. The molecule has 5 amide bonds. The summed E-state index contributed by atoms with van der Waals surface area (Å²) in [6, 6.07) is 14.8. The summed E-state index contributed by atoms with van der Waals surface area (Å²) < 4.78 is 0. The summed E-state index contributed by atoms with van der Waals surface area (Å²) in [5.41, 5.74) is 0.467. The van der Waals surface area contributed by atoms with Crippen LogP contribution in [0, 0.1) is 0 Å². The van der Waals surface area contributed by atoms with Gasteiger partial charge < -0.3 is 15.5 Å². The number of rotatable bonds is 3. The molecule has 1 spiro atoms. The van der Waals surface area contributed by atoms with Gasteiger partial charge in [-0.1, -0.05) is 42.5 Å². The molecule has 0 radical (unpaired) electrons. The van der Waals surface area contributed by atoms with Gasteiger partial charge >= 0.3 is 12.1 Å². The Balaban J connectivity index is 1.45. The molecule has 0 aromatic heterocycles. The van der Waals surface area contributed by atoms with Gasteiger partial charge in [-0.05, 0) is 18.6 Å². The van der Waals surface area contributed by atoms with Crippen molar-refractivity contribution in [2.24, 2.45) is 0 Å². The average molecular weight is 392 g/mol. The first-order valence-corrected chi connectivity index (χ1v) is 9.26. The maximum atomic E-state index is 12.7. The molecule has 2 aliphatic heterocycles. The second-order valence-corrected chi connectivity index (χ2v) is 7.25. The van der Waals surface area contributed by atoms with Crippen LogP contribution in [0.4, 0.5) is 15.3 Å². The van der Waals surface area contributed by atoms with Gasteiger partial charge in [-0.15, -0.1) is 0 Å². The van der Waals surface area contributed by atoms with Crippen molar-refractivity contribution in [1.82, 2.24) is 15.1 Å². The van der Waals surface area contributed by atoms with E-state index >= 15 is 0 Å². The van der Waals surface area contributed by atoms with Crippen molar-refractivity contribution >= 4 is 29.4 Å². The molecule has 0 saturated carbocycles. The molecular formula is C21H20N4O4. The highest BCUT2D eigenvalue weighted by molar-refractivity contribution is 6.10. The first-order valence-electron chi connectivity index (χ1n) is 9.26. The van der Waals surface area contributed by atoms with Crippen molar-refractivity contribution < 1.29 is 19.2 Å². The van der Waals surface area contributed by atoms with Crippen LogP contribution in [-0.4, -0.2) is 59.2 Å². The number of likely N-dealkylation sites (tertiary alicyclic amines) is 1. The van der Waals surface area contributed by atoms with Crippen molar-refractivity contribution in [1.29, 1.82) is 0 Å². The molecule has 1 unspecified atom stereocenters. The highest BCUT2D eigenvalue weighted by Crippen LogP contribution is 2.28. The fraction of sp³-hybridized carbons (Fsp3) is 0.238. The van der Waals surface area contributed by atoms with Crippen molar-refractivity contribution in [3.05, 3.63) is 65.7 Å². The van der Waals surface area contributed by atoms with Gasteiger partial charge in [-0.2, -0.15) is 0 Å². The molecule has 8 heteroatoms. The summed E-state index contributed by atoms with van der Waals surface area (Å²) in [5.74, 6) is -0.461. The number of carbonyl (C=O) groups excluding carboxylic acids is 4. The van der Waals surface area contributed by atoms with E-state index in [2.05, 4.69) is 10.6 Å². The number of nitrogens with zero attached hydrogens (tertiary/aromatic N) is 2. The number of carbonyl (C=O) groups is 4. The molecule has 2 heterocycles. The lowest BCUT2D eigenvalue weighted by Crippen LogP contribution is -2.50. The predicted molar refractivity (Wildman–Crippen MR) is 106 cm³/mol. The van der Waals surface area contributed by atoms with Gasteiger partial charge in [-0.3, -0.25) is 14.5 Å². The molecule has 2 aromatic rings. The van der Waals surface area contributed by atoms with Crippen molar-refractivity contribution in [3.63, 3.8) is 0 Å². The minimum atomic E-state index is -1.05. The molecule has 2 aromatic carbocycles. The number of hydrogen-bond donors (Lipinski definition) is 2. The van der Waals surface area contributed by atoms with Gasteiger partial charge in [0.05, 0.1) is 6.54 Å². The van der Waals surface area contributed by atoms with E-state index in [0.29, 0.717) is 29.8 Å². The predicted octanol–water partition coefficient (Wildman–Crippen LogP) is 2.08. The zero-order chi connectivity index (χ0) is 20.6. The number of amides is 5. The lowest BCUT2D eigenvalue weighted by atomic mass is 9.99. The molecule has 2 saturated heterocycles. The van der Waals surface area contributed by atoms with Crippen molar-refractivity contribution in [2.45, 2.75) is 12.0 Å². The van der Waals surface area contributed by atoms with Gasteiger partial charge in [0.2, 0.25) is 0 Å². The molecule has 2 fully saturated rings. The van der Waals surface area contributed by atoms with Crippen LogP contribution in [0.25, 0.3) is 0 Å². The Labute approximate surface area is 167 Å². The zero-order valence-electron chi connectivity index (χ0n) is 15.8. The Morgan fingerprint density at radius 2 is 1.76 bits per heavy atom. The molecule has 29 heavy (non-hydrogen) atoms. The first-order chi connectivity index (χ1) is 13.9. The molecule has 1 atom stereocenters. The van der Waals surface area contributed by atoms with Crippen LogP contribution < -0.4 is 10.6 Å². The highest BCUT2D eigenvalue weighted by atomic mass is 16.2. The number of urea groups is 2. The fourth-order valence-electron chi connectivity index (χ4n) is 3.71. The van der Waals surface area contributed by atoms with Gasteiger partial charge in [0.25, 0.3) is 5.91 Å². The average Bonchev–Trinajstić information content (AvgIpc) is 3.26. The van der Waals surface area contributed by atoms with E-state index in [-0.39, 0.29) is 24.3 Å². The first kappa shape index (κ1) is 18.7. The third-order valence-electron chi connectivity index (χ3n) is 5.33. The van der Waals surface area contributed by atoms with Crippen LogP contribution in [0.2, 0.25) is 0 Å². The van der Waals surface area contributed by atoms with Crippen LogP contribution >= 0.6 is 0 Å². The number of benzene rings is 2. The van der Waals surface area contributed by atoms with Gasteiger partial charge in [-0.25, -0.2) is 9.59 Å². The van der Waals surface area contributed by atoms with E-state index in [1.54, 1.807) is 48.5 Å². The summed E-state index contributed by atoms with van der Waals surface area (Å²) in [5, 5.41) is 5.46. The number of nitrogens with one attached hydrogen (secondary N) is 2. The molecular weight excluding hydrogens is 372 g/mol. The molecule has 0 aliphatic carbocycles. The van der Waals surface area contributed by atoms with E-state index in [0.717, 1.165) is 4.90 Å². The van der Waals surface area contributed by atoms with Crippen LogP contribution in [0.3, 0.4) is 0 Å². The normalized spacial score (nSPS) is 20.9. The number of hydrogen-bond acceptors (Lipinski definition) is 4. The van der Waals surface area contributed by atoms with Crippen LogP contribution in [-0.2, 0) is 4.79 Å². The minimum Gasteiger partial charge on any atom is -0.322 e. The number of likely N-dealkylation sites (N-methyl/N-ethyl adjacent to an activating group) is 1. The third-order valence-corrected chi connectivity index (χ3v) is 5.33. The zero-order valence-corrected chi connectivity index (χ0v) is 15.8. The second-order valence-electron chi connectivity index (χ2n) is 7.25. The summed E-state index contributed by atoms with van der Waals surface area (Å²) in [7, 11) is 1.42. The molecule has 4 rings (SSSR count). The Bertz CT molecular complexity index is 1010. The maximum absolute atomic E-state index is 12.7. The monoisotopic (exact) mass is 392 g/mol. The fourth-order valence-corrected chi connectivity index (χ4v) is 3.71. The second kappa shape index (κ2) is 7.05. The van der Waals surface area contributed by atoms with E-state index in [1.165, 1.54) is 11.9 Å². The smallest absolute Gasteiger partial charge is 0.322 e. The quantitative estimate of drug-likeness (QED) is 0.617. The minimum absolute atomic E-state index is 0.108. The van der Waals surface area contributed by atoms with Crippen molar-refractivity contribution in [3.8, 4) is 0 Å². The molecule has 8 nitrogen and oxygen atoms in total. The molecule has 0 bridgehead atoms. The number of imide groups is 1. The third kappa shape index (κ3) is 3.33. The standard InChI is InChI=1S/C21H20N4O4/c1-24-18(27)21(23-20(24)29)10-11-25(13-21)19(28)22-16-9-5-8-15(12-16)17(26)14-6-3-2-4-7-14/h2-9,12H,10-11,13H2,1H3,(H,22,28)(H,23,29). The Morgan fingerprint density at radius 3 is 2.45 bits per heavy atom. The topological polar surface area (TPSA) is 98.8 Å².